The van der Waals surface area contributed by atoms with Crippen LogP contribution in [-0.2, 0) is 19.6 Å². The van der Waals surface area contributed by atoms with Crippen LogP contribution in [0.15, 0.2) is 61.2 Å². The minimum Gasteiger partial charge on any atom is -0.454 e. The van der Waals surface area contributed by atoms with Crippen molar-refractivity contribution in [3.63, 3.8) is 0 Å². The van der Waals surface area contributed by atoms with Crippen LogP contribution in [0.3, 0.4) is 0 Å². The lowest BCUT2D eigenvalue weighted by atomic mass is 10.1. The second-order valence-corrected chi connectivity index (χ2v) is 6.49. The molecule has 3 heterocycles. The molecular weight excluding hydrogens is 326 g/mol. The molecule has 5 heteroatoms. The van der Waals surface area contributed by atoms with Gasteiger partial charge in [-0.05, 0) is 59.5 Å². The Morgan fingerprint density at radius 2 is 1.65 bits per heavy atom. The van der Waals surface area contributed by atoms with Crippen LogP contribution in [0.5, 0.6) is 11.5 Å². The maximum absolute atomic E-state index is 5.55. The van der Waals surface area contributed by atoms with E-state index in [1.165, 1.54) is 22.3 Å². The van der Waals surface area contributed by atoms with E-state index < -0.39 is 0 Å². The molecule has 0 aliphatic carbocycles. The van der Waals surface area contributed by atoms with Crippen molar-refractivity contribution in [3.8, 4) is 11.5 Å². The van der Waals surface area contributed by atoms with Crippen LogP contribution in [0, 0.1) is 6.92 Å². The van der Waals surface area contributed by atoms with Crippen LogP contribution >= 0.6 is 0 Å². The Morgan fingerprint density at radius 3 is 2.42 bits per heavy atom. The van der Waals surface area contributed by atoms with Crippen molar-refractivity contribution >= 4 is 0 Å². The predicted molar refractivity (Wildman–Crippen MR) is 98.7 cm³/mol. The second kappa shape index (κ2) is 7.54. The lowest BCUT2D eigenvalue weighted by Crippen LogP contribution is -2.23. The molecule has 0 fully saturated rings. The van der Waals surface area contributed by atoms with E-state index in [-0.39, 0.29) is 0 Å². The number of nitrogens with zero attached hydrogens (tertiary/aromatic N) is 3. The van der Waals surface area contributed by atoms with Gasteiger partial charge in [-0.1, -0.05) is 6.07 Å². The highest BCUT2D eigenvalue weighted by Crippen LogP contribution is 2.35. The van der Waals surface area contributed by atoms with Crippen LogP contribution in [0.2, 0.25) is 0 Å². The van der Waals surface area contributed by atoms with Gasteiger partial charge in [0.1, 0.15) is 0 Å². The molecule has 1 aliphatic heterocycles. The molecule has 0 spiro atoms. The molecule has 5 nitrogen and oxygen atoms in total. The normalized spacial score (nSPS) is 12.5. The minimum absolute atomic E-state index is 0.300. The first-order valence-electron chi connectivity index (χ1n) is 8.67. The van der Waals surface area contributed by atoms with Crippen LogP contribution in [0.25, 0.3) is 0 Å². The van der Waals surface area contributed by atoms with E-state index in [0.29, 0.717) is 6.79 Å². The van der Waals surface area contributed by atoms with Gasteiger partial charge in [-0.25, -0.2) is 0 Å². The number of aryl methyl sites for hydroxylation is 1. The van der Waals surface area contributed by atoms with Gasteiger partial charge < -0.3 is 9.47 Å². The number of benzene rings is 1. The van der Waals surface area contributed by atoms with Gasteiger partial charge in [-0.15, -0.1) is 0 Å². The summed E-state index contributed by atoms with van der Waals surface area (Å²) in [4.78, 5) is 10.8. The Balaban J connectivity index is 1.58. The second-order valence-electron chi connectivity index (χ2n) is 6.49. The van der Waals surface area contributed by atoms with Crippen LogP contribution in [0.4, 0.5) is 0 Å². The molecule has 1 aromatic carbocycles. The molecule has 0 atom stereocenters. The van der Waals surface area contributed by atoms with Gasteiger partial charge in [0.25, 0.3) is 0 Å². The predicted octanol–water partition coefficient (Wildman–Crippen LogP) is 3.72. The highest BCUT2D eigenvalue weighted by atomic mass is 16.7. The van der Waals surface area contributed by atoms with Gasteiger partial charge in [0, 0.05) is 44.4 Å². The molecule has 0 saturated carbocycles. The van der Waals surface area contributed by atoms with E-state index >= 15 is 0 Å². The highest BCUT2D eigenvalue weighted by Gasteiger charge is 2.17. The van der Waals surface area contributed by atoms with Gasteiger partial charge >= 0.3 is 0 Å². The summed E-state index contributed by atoms with van der Waals surface area (Å²) in [7, 11) is 0. The smallest absolute Gasteiger partial charge is 0.231 e. The van der Waals surface area contributed by atoms with Crippen molar-refractivity contribution in [1.29, 1.82) is 0 Å². The Bertz CT molecular complexity index is 828. The summed E-state index contributed by atoms with van der Waals surface area (Å²) >= 11 is 0. The molecule has 4 rings (SSSR count). The lowest BCUT2D eigenvalue weighted by molar-refractivity contribution is 0.174. The number of fused-ring (bicyclic) bond motifs is 1. The summed E-state index contributed by atoms with van der Waals surface area (Å²) in [6, 6.07) is 12.4. The monoisotopic (exact) mass is 347 g/mol. The molecule has 1 aliphatic rings. The quantitative estimate of drug-likeness (QED) is 0.680. The van der Waals surface area contributed by atoms with Crippen molar-refractivity contribution < 1.29 is 9.47 Å². The molecule has 0 saturated heterocycles. The van der Waals surface area contributed by atoms with Crippen molar-refractivity contribution in [3.05, 3.63) is 83.4 Å². The Morgan fingerprint density at radius 1 is 0.885 bits per heavy atom. The van der Waals surface area contributed by atoms with E-state index in [9.17, 15) is 0 Å². The molecule has 26 heavy (non-hydrogen) atoms. The average Bonchev–Trinajstić information content (AvgIpc) is 3.11. The van der Waals surface area contributed by atoms with Gasteiger partial charge in [0.15, 0.2) is 11.5 Å². The van der Waals surface area contributed by atoms with Gasteiger partial charge in [-0.3, -0.25) is 14.9 Å². The summed E-state index contributed by atoms with van der Waals surface area (Å²) in [5.41, 5.74) is 4.88. The maximum atomic E-state index is 5.55. The van der Waals surface area contributed by atoms with Gasteiger partial charge in [0.2, 0.25) is 6.79 Å². The molecule has 132 valence electrons. The fraction of sp³-hybridized carbons (Fsp3) is 0.238. The molecule has 3 aromatic rings. The maximum Gasteiger partial charge on any atom is 0.231 e. The van der Waals surface area contributed by atoms with Crippen molar-refractivity contribution in [2.24, 2.45) is 0 Å². The lowest BCUT2D eigenvalue weighted by Gasteiger charge is -2.23. The third-order valence-electron chi connectivity index (χ3n) is 4.51. The van der Waals surface area contributed by atoms with Crippen LogP contribution < -0.4 is 9.47 Å². The van der Waals surface area contributed by atoms with Crippen molar-refractivity contribution in [2.45, 2.75) is 26.6 Å². The average molecular weight is 347 g/mol. The number of aromatic nitrogens is 2. The zero-order valence-electron chi connectivity index (χ0n) is 14.8. The zero-order chi connectivity index (χ0) is 17.8. The van der Waals surface area contributed by atoms with Crippen molar-refractivity contribution in [1.82, 2.24) is 14.9 Å². The molecule has 0 N–H and O–H groups in total. The fourth-order valence-corrected chi connectivity index (χ4v) is 3.16. The minimum atomic E-state index is 0.300. The zero-order valence-corrected chi connectivity index (χ0v) is 14.8. The number of ether oxygens (including phenoxy) is 2. The van der Waals surface area contributed by atoms with E-state index in [0.717, 1.165) is 31.1 Å². The number of rotatable bonds is 6. The fourth-order valence-electron chi connectivity index (χ4n) is 3.16. The third-order valence-corrected chi connectivity index (χ3v) is 4.51. The van der Waals surface area contributed by atoms with E-state index in [1.54, 1.807) is 6.20 Å². The Kier molecular flexibility index (Phi) is 4.80. The SMILES string of the molecule is Cc1cc2c(cc1CN(Cc1ccncc1)Cc1cccnc1)OCO2. The number of pyridine rings is 2. The highest BCUT2D eigenvalue weighted by molar-refractivity contribution is 5.48. The number of hydrogen-bond donors (Lipinski definition) is 0. The van der Waals surface area contributed by atoms with Crippen LogP contribution in [-0.4, -0.2) is 21.7 Å². The Hall–Kier alpha value is -2.92. The topological polar surface area (TPSA) is 47.5 Å². The molecule has 0 unspecified atom stereocenters. The van der Waals surface area contributed by atoms with E-state index in [2.05, 4.69) is 52.1 Å². The first-order valence-corrected chi connectivity index (χ1v) is 8.67. The molecular formula is C21H21N3O2. The molecule has 0 amide bonds. The standard InChI is InChI=1S/C21H21N3O2/c1-16-9-20-21(26-15-25-20)10-19(16)14-24(12-17-4-7-22-8-5-17)13-18-3-2-6-23-11-18/h2-11H,12-15H2,1H3. The van der Waals surface area contributed by atoms with E-state index in [1.807, 2.05) is 24.7 Å². The summed E-state index contributed by atoms with van der Waals surface area (Å²) < 4.78 is 11.0. The largest absolute Gasteiger partial charge is 0.454 e. The first-order chi connectivity index (χ1) is 12.8. The number of hydrogen-bond acceptors (Lipinski definition) is 5. The molecule has 0 radical (unpaired) electrons. The summed E-state index contributed by atoms with van der Waals surface area (Å²) in [6.07, 6.45) is 7.40. The van der Waals surface area contributed by atoms with E-state index in [4.69, 9.17) is 9.47 Å². The summed E-state index contributed by atoms with van der Waals surface area (Å²) in [5.74, 6) is 1.66. The van der Waals surface area contributed by atoms with Crippen LogP contribution in [0.1, 0.15) is 22.3 Å². The third kappa shape index (κ3) is 3.83. The molecule has 2 aromatic heterocycles. The molecule has 0 bridgehead atoms. The van der Waals surface area contributed by atoms with Gasteiger partial charge in [0.05, 0.1) is 0 Å². The Labute approximate surface area is 153 Å². The summed E-state index contributed by atoms with van der Waals surface area (Å²) in [6.45, 7) is 4.90. The summed E-state index contributed by atoms with van der Waals surface area (Å²) in [5, 5.41) is 0. The van der Waals surface area contributed by atoms with Crippen molar-refractivity contribution in [2.75, 3.05) is 6.79 Å². The first kappa shape index (κ1) is 16.5. The van der Waals surface area contributed by atoms with Gasteiger partial charge in [-0.2, -0.15) is 0 Å².